The number of nitrogens with one attached hydrogen (secondary N) is 1. The van der Waals surface area contributed by atoms with Gasteiger partial charge in [0.2, 0.25) is 0 Å². The van der Waals surface area contributed by atoms with Gasteiger partial charge in [-0.2, -0.15) is 0 Å². The van der Waals surface area contributed by atoms with E-state index in [0.717, 1.165) is 26.2 Å². The number of halogens is 2. The van der Waals surface area contributed by atoms with Gasteiger partial charge in [0, 0.05) is 25.3 Å². The highest BCUT2D eigenvalue weighted by Crippen LogP contribution is 2.24. The smallest absolute Gasteiger partial charge is 0.0915 e. The Kier molecular flexibility index (Phi) is 5.53. The first-order chi connectivity index (χ1) is 7.45. The van der Waals surface area contributed by atoms with Crippen LogP contribution in [-0.2, 0) is 4.74 Å². The fourth-order valence-corrected chi connectivity index (χ4v) is 2.53. The molecule has 0 bridgehead atoms. The van der Waals surface area contributed by atoms with Crippen LogP contribution in [0.3, 0.4) is 0 Å². The van der Waals surface area contributed by atoms with Crippen LogP contribution in [0.25, 0.3) is 0 Å². The lowest BCUT2D eigenvalue weighted by atomic mass is 10.1. The maximum absolute atomic E-state index is 5.75. The van der Waals surface area contributed by atoms with Crippen LogP contribution in [0.2, 0.25) is 0 Å². The van der Waals surface area contributed by atoms with E-state index >= 15 is 0 Å². The second kappa shape index (κ2) is 6.45. The van der Waals surface area contributed by atoms with Crippen molar-refractivity contribution in [3.8, 4) is 0 Å². The summed E-state index contributed by atoms with van der Waals surface area (Å²) in [6.07, 6.45) is 0.374. The van der Waals surface area contributed by atoms with Gasteiger partial charge >= 0.3 is 0 Å². The molecule has 3 rings (SSSR count). The molecule has 0 amide bonds. The van der Waals surface area contributed by atoms with Crippen LogP contribution in [-0.4, -0.2) is 38.4 Å². The molecule has 0 aliphatic carbocycles. The number of para-hydroxylation sites is 1. The first-order valence-electron chi connectivity index (χ1n) is 5.59. The Hall–Kier alpha value is -0.480. The van der Waals surface area contributed by atoms with E-state index in [0.29, 0.717) is 12.1 Å². The Balaban J connectivity index is 0.000000722. The molecule has 96 valence electrons. The minimum Gasteiger partial charge on any atom is -0.373 e. The highest BCUT2D eigenvalue weighted by atomic mass is 35.5. The first-order valence-corrected chi connectivity index (χ1v) is 5.59. The molecule has 2 aliphatic rings. The number of anilines is 1. The molecule has 5 heteroatoms. The molecule has 0 radical (unpaired) electrons. The second-order valence-corrected chi connectivity index (χ2v) is 4.16. The van der Waals surface area contributed by atoms with E-state index in [4.69, 9.17) is 4.74 Å². The summed E-state index contributed by atoms with van der Waals surface area (Å²) in [4.78, 5) is 2.47. The summed E-state index contributed by atoms with van der Waals surface area (Å²) in [5.41, 5.74) is 1.32. The van der Waals surface area contributed by atoms with Gasteiger partial charge in [0.15, 0.2) is 0 Å². The van der Waals surface area contributed by atoms with Gasteiger partial charge in [-0.05, 0) is 12.1 Å². The summed E-state index contributed by atoms with van der Waals surface area (Å²) >= 11 is 0. The van der Waals surface area contributed by atoms with Gasteiger partial charge in [0.1, 0.15) is 0 Å². The van der Waals surface area contributed by atoms with Crippen molar-refractivity contribution in [2.75, 3.05) is 31.1 Å². The van der Waals surface area contributed by atoms with Crippen LogP contribution in [0.5, 0.6) is 0 Å². The highest BCUT2D eigenvalue weighted by Gasteiger charge is 2.35. The molecule has 1 aromatic rings. The van der Waals surface area contributed by atoms with Crippen LogP contribution in [0.4, 0.5) is 5.69 Å². The van der Waals surface area contributed by atoms with Gasteiger partial charge in [0.05, 0.1) is 18.8 Å². The van der Waals surface area contributed by atoms with Crippen molar-refractivity contribution in [2.45, 2.75) is 12.1 Å². The average Bonchev–Trinajstić information content (AvgIpc) is 2.78. The monoisotopic (exact) mass is 276 g/mol. The summed E-state index contributed by atoms with van der Waals surface area (Å²) in [6.45, 7) is 3.89. The number of hydrogen-bond donors (Lipinski definition) is 1. The molecule has 0 saturated carbocycles. The zero-order chi connectivity index (χ0) is 10.1. The third kappa shape index (κ3) is 2.86. The summed E-state index contributed by atoms with van der Waals surface area (Å²) in [7, 11) is 0. The Morgan fingerprint density at radius 3 is 2.65 bits per heavy atom. The molecule has 1 aromatic carbocycles. The van der Waals surface area contributed by atoms with Gasteiger partial charge in [-0.25, -0.2) is 0 Å². The van der Waals surface area contributed by atoms with Gasteiger partial charge in [-0.1, -0.05) is 18.2 Å². The van der Waals surface area contributed by atoms with Crippen molar-refractivity contribution in [1.29, 1.82) is 0 Å². The third-order valence-electron chi connectivity index (χ3n) is 3.28. The molecule has 0 spiro atoms. The van der Waals surface area contributed by atoms with E-state index in [1.54, 1.807) is 0 Å². The number of fused-ring (bicyclic) bond motifs is 1. The van der Waals surface area contributed by atoms with E-state index in [-0.39, 0.29) is 24.8 Å². The van der Waals surface area contributed by atoms with Crippen LogP contribution in [0, 0.1) is 0 Å². The molecule has 3 nitrogen and oxygen atoms in total. The molecular formula is C12H18Cl2N2O. The maximum Gasteiger partial charge on any atom is 0.0915 e. The van der Waals surface area contributed by atoms with E-state index < -0.39 is 0 Å². The Morgan fingerprint density at radius 1 is 1.12 bits per heavy atom. The summed E-state index contributed by atoms with van der Waals surface area (Å²) in [6, 6.07) is 11.1. The first kappa shape index (κ1) is 14.6. The highest BCUT2D eigenvalue weighted by molar-refractivity contribution is 5.85. The third-order valence-corrected chi connectivity index (χ3v) is 3.28. The number of nitrogens with zero attached hydrogens (tertiary/aromatic N) is 1. The Labute approximate surface area is 114 Å². The molecule has 2 heterocycles. The Bertz CT molecular complexity index is 337. The van der Waals surface area contributed by atoms with E-state index in [9.17, 15) is 0 Å². The number of benzene rings is 1. The number of morpholine rings is 1. The lowest BCUT2D eigenvalue weighted by Crippen LogP contribution is -2.50. The van der Waals surface area contributed by atoms with E-state index in [2.05, 4.69) is 40.5 Å². The minimum atomic E-state index is 0. The predicted octanol–water partition coefficient (Wildman–Crippen LogP) is 1.71. The quantitative estimate of drug-likeness (QED) is 0.845. The van der Waals surface area contributed by atoms with Crippen molar-refractivity contribution >= 4 is 30.5 Å². The number of rotatable bonds is 1. The lowest BCUT2D eigenvalue weighted by molar-refractivity contribution is 0.0350. The molecule has 2 aliphatic heterocycles. The molecule has 2 fully saturated rings. The summed E-state index contributed by atoms with van der Waals surface area (Å²) in [5, 5.41) is 3.40. The molecule has 0 unspecified atom stereocenters. The fourth-order valence-electron chi connectivity index (χ4n) is 2.53. The van der Waals surface area contributed by atoms with Crippen molar-refractivity contribution in [3.05, 3.63) is 30.3 Å². The average molecular weight is 277 g/mol. The molecular weight excluding hydrogens is 259 g/mol. The molecule has 2 atom stereocenters. The molecule has 17 heavy (non-hydrogen) atoms. The van der Waals surface area contributed by atoms with Gasteiger partial charge < -0.3 is 15.0 Å². The zero-order valence-electron chi connectivity index (χ0n) is 9.54. The Morgan fingerprint density at radius 2 is 1.88 bits per heavy atom. The molecule has 0 aromatic heterocycles. The van der Waals surface area contributed by atoms with Crippen molar-refractivity contribution in [3.63, 3.8) is 0 Å². The lowest BCUT2D eigenvalue weighted by Gasteiger charge is -2.38. The van der Waals surface area contributed by atoms with Crippen LogP contribution >= 0.6 is 24.8 Å². The largest absolute Gasteiger partial charge is 0.373 e. The SMILES string of the molecule is Cl.Cl.c1ccc(N2CCO[C@@H]3CNC[C@@H]32)cc1. The maximum atomic E-state index is 5.75. The minimum absolute atomic E-state index is 0. The van der Waals surface area contributed by atoms with Gasteiger partial charge in [0.25, 0.3) is 0 Å². The van der Waals surface area contributed by atoms with E-state index in [1.165, 1.54) is 5.69 Å². The van der Waals surface area contributed by atoms with Crippen molar-refractivity contribution in [1.82, 2.24) is 5.32 Å². The van der Waals surface area contributed by atoms with Crippen LogP contribution in [0.1, 0.15) is 0 Å². The summed E-state index contributed by atoms with van der Waals surface area (Å²) in [5.74, 6) is 0. The molecule has 2 saturated heterocycles. The fraction of sp³-hybridized carbons (Fsp3) is 0.500. The second-order valence-electron chi connectivity index (χ2n) is 4.16. The van der Waals surface area contributed by atoms with E-state index in [1.807, 2.05) is 0 Å². The summed E-state index contributed by atoms with van der Waals surface area (Å²) < 4.78 is 5.75. The number of hydrogen-bond acceptors (Lipinski definition) is 3. The van der Waals surface area contributed by atoms with Crippen LogP contribution < -0.4 is 10.2 Å². The van der Waals surface area contributed by atoms with Crippen molar-refractivity contribution < 1.29 is 4.74 Å². The van der Waals surface area contributed by atoms with Crippen LogP contribution in [0.15, 0.2) is 30.3 Å². The van der Waals surface area contributed by atoms with Crippen molar-refractivity contribution in [2.24, 2.45) is 0 Å². The number of ether oxygens (including phenoxy) is 1. The van der Waals surface area contributed by atoms with Gasteiger partial charge in [-0.3, -0.25) is 0 Å². The zero-order valence-corrected chi connectivity index (χ0v) is 11.2. The normalized spacial score (nSPS) is 26.7. The predicted molar refractivity (Wildman–Crippen MR) is 74.7 cm³/mol. The topological polar surface area (TPSA) is 24.5 Å². The standard InChI is InChI=1S/C12H16N2O.2ClH/c1-2-4-10(5-3-1)14-6-7-15-12-9-13-8-11(12)14;;/h1-5,11-13H,6-9H2;2*1H/t11-,12+;;/m0../s1. The van der Waals surface area contributed by atoms with Gasteiger partial charge in [-0.15, -0.1) is 24.8 Å². The molecule has 1 N–H and O–H groups in total.